The number of anilines is 1. The first-order valence-corrected chi connectivity index (χ1v) is 23.0. The summed E-state index contributed by atoms with van der Waals surface area (Å²) in [6, 6.07) is 12.7. The Kier molecular flexibility index (Phi) is 20.6. The van der Waals surface area contributed by atoms with Crippen molar-refractivity contribution in [3.8, 4) is 11.8 Å². The molecule has 15 nitrogen and oxygen atoms in total. The lowest BCUT2D eigenvalue weighted by molar-refractivity contribution is -0.157. The zero-order valence-corrected chi connectivity index (χ0v) is 36.4. The summed E-state index contributed by atoms with van der Waals surface area (Å²) < 4.78 is 50.7. The van der Waals surface area contributed by atoms with E-state index in [1.165, 1.54) is 94.8 Å². The Morgan fingerprint density at radius 2 is 1.54 bits per heavy atom. The fraction of sp³-hybridized carbons (Fsp3) is 0.674. The molecule has 328 valence electrons. The second kappa shape index (κ2) is 25.2. The highest BCUT2D eigenvalue weighted by Crippen LogP contribution is 2.47. The third kappa shape index (κ3) is 16.1. The predicted octanol–water partition coefficient (Wildman–Crippen LogP) is 8.62. The minimum atomic E-state index is -4.32. The van der Waals surface area contributed by atoms with E-state index in [1.807, 2.05) is 0 Å². The van der Waals surface area contributed by atoms with E-state index in [0.29, 0.717) is 30.8 Å². The zero-order valence-electron chi connectivity index (χ0n) is 35.5. The average Bonchev–Trinajstić information content (AvgIpc) is 3.80. The number of carbonyl (C=O) groups is 1. The third-order valence-corrected chi connectivity index (χ3v) is 11.9. The number of benzene rings is 1. The number of carbonyl (C=O) groups excluding carboxylic acids is 1. The molecule has 1 aliphatic rings. The predicted molar refractivity (Wildman–Crippen MR) is 225 cm³/mol. The molecule has 0 saturated carbocycles. The molecule has 2 aromatic heterocycles. The average molecular weight is 843 g/mol. The Hall–Kier alpha value is -3.61. The van der Waals surface area contributed by atoms with Gasteiger partial charge in [0.2, 0.25) is 0 Å². The van der Waals surface area contributed by atoms with Crippen LogP contribution in [0.4, 0.5) is 5.82 Å². The van der Waals surface area contributed by atoms with Crippen molar-refractivity contribution >= 4 is 25.1 Å². The summed E-state index contributed by atoms with van der Waals surface area (Å²) in [5, 5.41) is 28.7. The number of aromatic nitrogens is 3. The molecular formula is C43H67N6O9P. The van der Waals surface area contributed by atoms with Crippen molar-refractivity contribution in [2.75, 3.05) is 32.2 Å². The first kappa shape index (κ1) is 48.1. The van der Waals surface area contributed by atoms with Crippen LogP contribution in [0.25, 0.3) is 5.52 Å². The Balaban J connectivity index is 1.20. The molecule has 3 aromatic rings. The van der Waals surface area contributed by atoms with Crippen LogP contribution in [0.1, 0.15) is 136 Å². The van der Waals surface area contributed by atoms with Gasteiger partial charge in [0.1, 0.15) is 41.9 Å². The lowest BCUT2D eigenvalue weighted by atomic mass is 9.95. The summed E-state index contributed by atoms with van der Waals surface area (Å²) in [5.74, 6) is -2.52. The minimum Gasteiger partial charge on any atom is -0.464 e. The van der Waals surface area contributed by atoms with E-state index in [-0.39, 0.29) is 18.2 Å². The molecule has 1 unspecified atom stereocenters. The molecule has 1 fully saturated rings. The number of hydrogen-bond donors (Lipinski definition) is 3. The summed E-state index contributed by atoms with van der Waals surface area (Å²) in [6.07, 6.45) is 16.6. The number of aliphatic hydroxyl groups is 1. The largest absolute Gasteiger partial charge is 0.464 e. The molecule has 0 radical (unpaired) electrons. The summed E-state index contributed by atoms with van der Waals surface area (Å²) in [7, 11) is -4.32. The molecule has 59 heavy (non-hydrogen) atoms. The number of esters is 1. The van der Waals surface area contributed by atoms with E-state index in [1.54, 1.807) is 56.3 Å². The van der Waals surface area contributed by atoms with Crippen LogP contribution in [0, 0.1) is 17.2 Å². The summed E-state index contributed by atoms with van der Waals surface area (Å²) >= 11 is 0. The van der Waals surface area contributed by atoms with Crippen molar-refractivity contribution in [3.63, 3.8) is 0 Å². The Labute approximate surface area is 350 Å². The number of unbranched alkanes of at least 4 members (excludes halogenated alkanes) is 13. The maximum atomic E-state index is 14.2. The highest BCUT2D eigenvalue weighted by Gasteiger charge is 2.50. The van der Waals surface area contributed by atoms with Crippen LogP contribution >= 0.6 is 7.75 Å². The van der Waals surface area contributed by atoms with Crippen molar-refractivity contribution in [1.29, 1.82) is 5.26 Å². The molecule has 6 atom stereocenters. The molecule has 4 rings (SSSR count). The number of nitrogens with zero attached hydrogens (tertiary/aromatic N) is 4. The molecular weight excluding hydrogens is 775 g/mol. The number of fused-ring (bicyclic) bond motifs is 1. The normalized spacial score (nSPS) is 18.8. The van der Waals surface area contributed by atoms with E-state index in [2.05, 4.69) is 28.2 Å². The molecule has 1 aromatic carbocycles. The van der Waals surface area contributed by atoms with Gasteiger partial charge in [0.15, 0.2) is 11.6 Å². The topological polar surface area (TPSA) is 202 Å². The molecule has 16 heteroatoms. The maximum Gasteiger partial charge on any atom is 0.459 e. The lowest BCUT2D eigenvalue weighted by Gasteiger charge is -2.27. The van der Waals surface area contributed by atoms with Gasteiger partial charge in [-0.05, 0) is 51.5 Å². The molecule has 0 spiro atoms. The minimum absolute atomic E-state index is 0.124. The van der Waals surface area contributed by atoms with Crippen molar-refractivity contribution in [2.45, 2.75) is 154 Å². The lowest BCUT2D eigenvalue weighted by Crippen LogP contribution is -2.39. The number of aliphatic hydroxyl groups excluding tert-OH is 1. The number of ether oxygens (including phenoxy) is 4. The van der Waals surface area contributed by atoms with Crippen LogP contribution in [-0.4, -0.2) is 76.1 Å². The van der Waals surface area contributed by atoms with E-state index in [0.717, 1.165) is 12.8 Å². The van der Waals surface area contributed by atoms with E-state index in [9.17, 15) is 19.7 Å². The van der Waals surface area contributed by atoms with Crippen molar-refractivity contribution in [2.24, 2.45) is 5.92 Å². The van der Waals surface area contributed by atoms with Crippen LogP contribution < -0.4 is 15.3 Å². The number of nitrogen functional groups attached to an aromatic ring is 1. The van der Waals surface area contributed by atoms with E-state index >= 15 is 0 Å². The summed E-state index contributed by atoms with van der Waals surface area (Å²) in [6.45, 7) is 7.85. The van der Waals surface area contributed by atoms with Crippen molar-refractivity contribution in [3.05, 3.63) is 54.5 Å². The molecule has 4 N–H and O–H groups in total. The molecule has 1 aliphatic heterocycles. The number of hydrogen-bond acceptors (Lipinski definition) is 13. The number of para-hydroxylation sites is 1. The molecule has 1 saturated heterocycles. The molecule has 0 amide bonds. The van der Waals surface area contributed by atoms with Crippen LogP contribution in [0.3, 0.4) is 0 Å². The van der Waals surface area contributed by atoms with Crippen LogP contribution in [0.5, 0.6) is 5.75 Å². The van der Waals surface area contributed by atoms with Crippen molar-refractivity contribution < 1.29 is 42.5 Å². The van der Waals surface area contributed by atoms with Crippen molar-refractivity contribution in [1.82, 2.24) is 19.7 Å². The second-order valence-corrected chi connectivity index (χ2v) is 17.4. The number of nitrogens with two attached hydrogens (primary N) is 1. The Morgan fingerprint density at radius 3 is 2.19 bits per heavy atom. The zero-order chi connectivity index (χ0) is 42.5. The van der Waals surface area contributed by atoms with Crippen LogP contribution in [0.2, 0.25) is 0 Å². The quantitative estimate of drug-likeness (QED) is 0.0327. The molecule has 0 bridgehead atoms. The van der Waals surface area contributed by atoms with E-state index in [4.69, 9.17) is 33.7 Å². The summed E-state index contributed by atoms with van der Waals surface area (Å²) in [5.41, 5.74) is 6.81. The van der Waals surface area contributed by atoms with Gasteiger partial charge in [-0.1, -0.05) is 109 Å². The first-order chi connectivity index (χ1) is 28.5. The Morgan fingerprint density at radius 1 is 0.932 bits per heavy atom. The van der Waals surface area contributed by atoms with Gasteiger partial charge >= 0.3 is 13.7 Å². The van der Waals surface area contributed by atoms with Gasteiger partial charge in [0.25, 0.3) is 0 Å². The van der Waals surface area contributed by atoms with Gasteiger partial charge in [-0.15, -0.1) is 0 Å². The number of nitrogens with one attached hydrogen (secondary N) is 1. The van der Waals surface area contributed by atoms with Gasteiger partial charge in [-0.2, -0.15) is 15.4 Å². The fourth-order valence-corrected chi connectivity index (χ4v) is 8.60. The SMILES string of the molecule is CCCCCCCCCCCCCCCCOCCCOC(=O)[C@H](C)NP(=O)(OC[C@H](C#N)[C@H]1OC(C)(C)O[C@H]1[C@@H](O)c1ccc2c(N)ncnn12)Oc1ccccc1. The molecule has 3 heterocycles. The van der Waals surface area contributed by atoms with Gasteiger partial charge in [-0.3, -0.25) is 9.32 Å². The molecule has 0 aliphatic carbocycles. The fourth-order valence-electron chi connectivity index (χ4n) is 7.08. The number of nitriles is 1. The number of rotatable bonds is 30. The first-order valence-electron chi connectivity index (χ1n) is 21.5. The second-order valence-electron chi connectivity index (χ2n) is 15.7. The van der Waals surface area contributed by atoms with Gasteiger partial charge < -0.3 is 34.3 Å². The van der Waals surface area contributed by atoms with Crippen LogP contribution in [-0.2, 0) is 32.8 Å². The van der Waals surface area contributed by atoms with Crippen LogP contribution in [0.15, 0.2) is 48.8 Å². The smallest absolute Gasteiger partial charge is 0.459 e. The summed E-state index contributed by atoms with van der Waals surface area (Å²) in [4.78, 5) is 17.0. The highest BCUT2D eigenvalue weighted by molar-refractivity contribution is 7.52. The third-order valence-electron chi connectivity index (χ3n) is 10.3. The van der Waals surface area contributed by atoms with Gasteiger partial charge in [-0.25, -0.2) is 14.1 Å². The Bertz CT molecular complexity index is 1760. The highest BCUT2D eigenvalue weighted by atomic mass is 31.2. The monoisotopic (exact) mass is 842 g/mol. The van der Waals surface area contributed by atoms with Gasteiger partial charge in [0, 0.05) is 19.6 Å². The van der Waals surface area contributed by atoms with Gasteiger partial charge in [0.05, 0.1) is 30.9 Å². The standard InChI is InChI=1S/C43H67N6O9P/c1-5-6-7-8-9-10-11-12-13-14-15-16-17-21-27-53-28-22-29-54-42(51)33(2)48-59(52,58-35-23-19-18-20-24-35)55-31-34(30-44)39-40(57-43(3,4)56-39)38(50)36-25-26-37-41(45)46-32-47-49(36)37/h18-20,23-26,32-34,38-40,50H,5-17,21-22,27-29,31H2,1-4H3,(H,48,52)(H2,45,46,47)/t33-,34-,38-,39+,40-,59?/m0/s1. The van der Waals surface area contributed by atoms with E-state index < -0.39 is 56.4 Å². The maximum absolute atomic E-state index is 14.2.